The van der Waals surface area contributed by atoms with Crippen molar-refractivity contribution < 1.29 is 0 Å². The van der Waals surface area contributed by atoms with Crippen molar-refractivity contribution >= 4 is 11.9 Å². The molecule has 0 aromatic heterocycles. The molecule has 0 bridgehead atoms. The van der Waals surface area contributed by atoms with Crippen LogP contribution in [0.25, 0.3) is 0 Å². The second-order valence-electron chi connectivity index (χ2n) is 2.69. The van der Waals surface area contributed by atoms with Crippen molar-refractivity contribution in [2.75, 3.05) is 6.54 Å². The van der Waals surface area contributed by atoms with E-state index in [4.69, 9.17) is 0 Å². The minimum absolute atomic E-state index is 0.861. The highest BCUT2D eigenvalue weighted by Gasteiger charge is 1.90. The maximum atomic E-state index is 3.81. The van der Waals surface area contributed by atoms with Gasteiger partial charge in [0.05, 0.1) is 0 Å². The highest BCUT2D eigenvalue weighted by molar-refractivity contribution is 7.97. The van der Waals surface area contributed by atoms with Crippen LogP contribution in [-0.4, -0.2) is 6.54 Å². The van der Waals surface area contributed by atoms with Crippen LogP contribution in [0.15, 0.2) is 47.4 Å². The van der Waals surface area contributed by atoms with Crippen molar-refractivity contribution in [1.29, 1.82) is 0 Å². The largest absolute Gasteiger partial charge is 0.256 e. The first kappa shape index (κ1) is 9.36. The van der Waals surface area contributed by atoms with Crippen LogP contribution < -0.4 is 4.72 Å². The molecule has 2 heteroatoms. The standard InChI is InChI=1S/C10H13NS/c1-9(2)8-11-12-10-6-4-3-5-7-10/h3-7,11H,1,8H2,2H3. The van der Waals surface area contributed by atoms with Crippen LogP contribution in [0, 0.1) is 0 Å². The molecule has 1 nitrogen and oxygen atoms in total. The lowest BCUT2D eigenvalue weighted by Crippen LogP contribution is -2.05. The molecule has 1 aromatic rings. The first-order chi connectivity index (χ1) is 5.79. The lowest BCUT2D eigenvalue weighted by molar-refractivity contribution is 1.05. The van der Waals surface area contributed by atoms with Crippen LogP contribution in [0.3, 0.4) is 0 Å². The molecule has 1 rings (SSSR count). The normalized spacial score (nSPS) is 9.75. The minimum Gasteiger partial charge on any atom is -0.256 e. The monoisotopic (exact) mass is 179 g/mol. The lowest BCUT2D eigenvalue weighted by atomic mass is 10.4. The van der Waals surface area contributed by atoms with Gasteiger partial charge >= 0.3 is 0 Å². The van der Waals surface area contributed by atoms with Gasteiger partial charge in [0.15, 0.2) is 0 Å². The summed E-state index contributed by atoms with van der Waals surface area (Å²) < 4.78 is 3.22. The molecular formula is C10H13NS. The van der Waals surface area contributed by atoms with E-state index in [1.54, 1.807) is 11.9 Å². The summed E-state index contributed by atoms with van der Waals surface area (Å²) in [6.45, 7) is 6.68. The second-order valence-corrected chi connectivity index (χ2v) is 3.66. The Morgan fingerprint density at radius 2 is 2.08 bits per heavy atom. The SMILES string of the molecule is C=C(C)CNSc1ccccc1. The van der Waals surface area contributed by atoms with Crippen molar-refractivity contribution in [3.05, 3.63) is 42.5 Å². The van der Waals surface area contributed by atoms with Crippen molar-refractivity contribution in [3.63, 3.8) is 0 Å². The molecule has 12 heavy (non-hydrogen) atoms. The predicted molar refractivity (Wildman–Crippen MR) is 55.1 cm³/mol. The van der Waals surface area contributed by atoms with E-state index in [0.29, 0.717) is 0 Å². The third-order valence-electron chi connectivity index (χ3n) is 1.31. The van der Waals surface area contributed by atoms with E-state index in [9.17, 15) is 0 Å². The fourth-order valence-electron chi connectivity index (χ4n) is 0.731. The molecule has 0 aliphatic heterocycles. The van der Waals surface area contributed by atoms with E-state index in [1.807, 2.05) is 25.1 Å². The van der Waals surface area contributed by atoms with Crippen LogP contribution in [-0.2, 0) is 0 Å². The molecular weight excluding hydrogens is 166 g/mol. The Morgan fingerprint density at radius 3 is 2.67 bits per heavy atom. The maximum Gasteiger partial charge on any atom is 0.0267 e. The summed E-state index contributed by atoms with van der Waals surface area (Å²) in [4.78, 5) is 1.23. The molecule has 0 aliphatic carbocycles. The van der Waals surface area contributed by atoms with Crippen molar-refractivity contribution in [3.8, 4) is 0 Å². The predicted octanol–water partition coefficient (Wildman–Crippen LogP) is 2.86. The molecule has 0 saturated carbocycles. The Labute approximate surface area is 78.0 Å². The van der Waals surface area contributed by atoms with Crippen LogP contribution in [0.2, 0.25) is 0 Å². The van der Waals surface area contributed by atoms with Gasteiger partial charge in [0.1, 0.15) is 0 Å². The third kappa shape index (κ3) is 3.60. The zero-order chi connectivity index (χ0) is 8.81. The van der Waals surface area contributed by atoms with Crippen LogP contribution in [0.1, 0.15) is 6.92 Å². The summed E-state index contributed by atoms with van der Waals surface area (Å²) in [5.41, 5.74) is 1.15. The van der Waals surface area contributed by atoms with E-state index in [-0.39, 0.29) is 0 Å². The van der Waals surface area contributed by atoms with E-state index in [2.05, 4.69) is 23.4 Å². The summed E-state index contributed by atoms with van der Waals surface area (Å²) >= 11 is 1.64. The number of nitrogens with one attached hydrogen (secondary N) is 1. The van der Waals surface area contributed by atoms with Gasteiger partial charge in [0.25, 0.3) is 0 Å². The van der Waals surface area contributed by atoms with Gasteiger partial charge in [-0.15, -0.1) is 0 Å². The molecule has 0 radical (unpaired) electrons. The van der Waals surface area contributed by atoms with Crippen LogP contribution >= 0.6 is 11.9 Å². The van der Waals surface area contributed by atoms with Crippen molar-refractivity contribution in [2.24, 2.45) is 0 Å². The zero-order valence-corrected chi connectivity index (χ0v) is 8.03. The minimum atomic E-state index is 0.861. The Bertz CT molecular complexity index is 243. The molecule has 0 unspecified atom stereocenters. The molecule has 0 amide bonds. The molecule has 0 saturated heterocycles. The lowest BCUT2D eigenvalue weighted by Gasteiger charge is -2.02. The fourth-order valence-corrected chi connectivity index (χ4v) is 1.51. The maximum absolute atomic E-state index is 3.81. The molecule has 0 aliphatic rings. The van der Waals surface area contributed by atoms with Crippen LogP contribution in [0.4, 0.5) is 0 Å². The molecule has 1 aromatic carbocycles. The fraction of sp³-hybridized carbons (Fsp3) is 0.200. The van der Waals surface area contributed by atoms with Gasteiger partial charge in [0, 0.05) is 11.4 Å². The molecule has 0 fully saturated rings. The summed E-state index contributed by atoms with van der Waals surface area (Å²) in [6, 6.07) is 10.2. The Balaban J connectivity index is 2.29. The Hall–Kier alpha value is -0.730. The van der Waals surface area contributed by atoms with Crippen molar-refractivity contribution in [2.45, 2.75) is 11.8 Å². The summed E-state index contributed by atoms with van der Waals surface area (Å²) in [5, 5.41) is 0. The molecule has 0 atom stereocenters. The smallest absolute Gasteiger partial charge is 0.0267 e. The van der Waals surface area contributed by atoms with Gasteiger partial charge in [-0.1, -0.05) is 30.4 Å². The third-order valence-corrected chi connectivity index (χ3v) is 2.10. The topological polar surface area (TPSA) is 12.0 Å². The molecule has 0 heterocycles. The van der Waals surface area contributed by atoms with Gasteiger partial charge < -0.3 is 0 Å². The quantitative estimate of drug-likeness (QED) is 0.563. The summed E-state index contributed by atoms with van der Waals surface area (Å²) in [6.07, 6.45) is 0. The van der Waals surface area contributed by atoms with E-state index >= 15 is 0 Å². The molecule has 64 valence electrons. The average molecular weight is 179 g/mol. The van der Waals surface area contributed by atoms with Crippen LogP contribution in [0.5, 0.6) is 0 Å². The Morgan fingerprint density at radius 1 is 1.42 bits per heavy atom. The number of hydrogen-bond acceptors (Lipinski definition) is 2. The second kappa shape index (κ2) is 5.01. The molecule has 1 N–H and O–H groups in total. The van der Waals surface area contributed by atoms with E-state index in [1.165, 1.54) is 4.90 Å². The van der Waals surface area contributed by atoms with Gasteiger partial charge in [-0.05, 0) is 31.0 Å². The Kier molecular flexibility index (Phi) is 3.91. The van der Waals surface area contributed by atoms with E-state index in [0.717, 1.165) is 12.1 Å². The number of hydrogen-bond donors (Lipinski definition) is 1. The van der Waals surface area contributed by atoms with E-state index < -0.39 is 0 Å². The average Bonchev–Trinajstić information content (AvgIpc) is 2.05. The number of benzene rings is 1. The molecule has 0 spiro atoms. The van der Waals surface area contributed by atoms with Gasteiger partial charge in [-0.3, -0.25) is 4.72 Å². The zero-order valence-electron chi connectivity index (χ0n) is 7.21. The highest BCUT2D eigenvalue weighted by atomic mass is 32.2. The van der Waals surface area contributed by atoms with Crippen molar-refractivity contribution in [1.82, 2.24) is 4.72 Å². The summed E-state index contributed by atoms with van der Waals surface area (Å²) in [5.74, 6) is 0. The first-order valence-electron chi connectivity index (χ1n) is 3.88. The van der Waals surface area contributed by atoms with Gasteiger partial charge in [-0.25, -0.2) is 0 Å². The highest BCUT2D eigenvalue weighted by Crippen LogP contribution is 2.12. The first-order valence-corrected chi connectivity index (χ1v) is 4.70. The number of rotatable bonds is 4. The summed E-state index contributed by atoms with van der Waals surface area (Å²) in [7, 11) is 0. The van der Waals surface area contributed by atoms with Gasteiger partial charge in [-0.2, -0.15) is 0 Å². The van der Waals surface area contributed by atoms with Gasteiger partial charge in [0.2, 0.25) is 0 Å².